The van der Waals surface area contributed by atoms with Crippen molar-refractivity contribution >= 4 is 33.4 Å². The van der Waals surface area contributed by atoms with Gasteiger partial charge >= 0.3 is 0 Å². The van der Waals surface area contributed by atoms with Gasteiger partial charge < -0.3 is 5.32 Å². The number of amides is 1. The van der Waals surface area contributed by atoms with Crippen molar-refractivity contribution in [3.63, 3.8) is 0 Å². The number of alkyl halides is 1. The van der Waals surface area contributed by atoms with E-state index in [9.17, 15) is 4.79 Å². The molecule has 0 aliphatic carbocycles. The van der Waals surface area contributed by atoms with Gasteiger partial charge in [0.05, 0.1) is 0 Å². The first-order valence-corrected chi connectivity index (χ1v) is 6.49. The molecule has 0 fully saturated rings. The molecule has 0 saturated carbocycles. The topological polar surface area (TPSA) is 42.0 Å². The molecule has 1 heterocycles. The highest BCUT2D eigenvalue weighted by atomic mass is 79.9. The summed E-state index contributed by atoms with van der Waals surface area (Å²) in [6, 6.07) is 3.68. The smallest absolute Gasteiger partial charge is 0.271 e. The van der Waals surface area contributed by atoms with Gasteiger partial charge in [-0.3, -0.25) is 4.79 Å². The summed E-state index contributed by atoms with van der Waals surface area (Å²) in [5, 5.41) is 2.91. The lowest BCUT2D eigenvalue weighted by molar-refractivity contribution is 0.0929. The maximum Gasteiger partial charge on any atom is 0.271 e. The van der Waals surface area contributed by atoms with E-state index in [1.54, 1.807) is 18.3 Å². The van der Waals surface area contributed by atoms with Gasteiger partial charge in [0.2, 0.25) is 0 Å². The first-order valence-electron chi connectivity index (χ1n) is 5.16. The second-order valence-electron chi connectivity index (χ2n) is 3.39. The SMILES string of the molecule is CCC(CCCl)NC(=O)c1ncccc1Br. The zero-order chi connectivity index (χ0) is 12.0. The third-order valence-corrected chi connectivity index (χ3v) is 3.12. The lowest BCUT2D eigenvalue weighted by Gasteiger charge is -2.15. The van der Waals surface area contributed by atoms with Crippen LogP contribution in [0.15, 0.2) is 22.8 Å². The van der Waals surface area contributed by atoms with Gasteiger partial charge in [0.1, 0.15) is 5.69 Å². The number of nitrogens with one attached hydrogen (secondary N) is 1. The Morgan fingerprint density at radius 1 is 1.69 bits per heavy atom. The Kier molecular flexibility index (Phi) is 5.77. The van der Waals surface area contributed by atoms with Crippen LogP contribution >= 0.6 is 27.5 Å². The number of hydrogen-bond donors (Lipinski definition) is 1. The van der Waals surface area contributed by atoms with Gasteiger partial charge in [-0.05, 0) is 40.9 Å². The van der Waals surface area contributed by atoms with Gasteiger partial charge in [-0.15, -0.1) is 11.6 Å². The predicted octanol–water partition coefficient (Wildman–Crippen LogP) is 2.98. The maximum atomic E-state index is 11.9. The standard InChI is InChI=1S/C11H14BrClN2O/c1-2-8(5-6-13)15-11(16)10-9(12)4-3-7-14-10/h3-4,7-8H,2,5-6H2,1H3,(H,15,16). The van der Waals surface area contributed by atoms with Gasteiger partial charge in [-0.1, -0.05) is 6.92 Å². The van der Waals surface area contributed by atoms with Crippen molar-refractivity contribution < 1.29 is 4.79 Å². The number of aromatic nitrogens is 1. The minimum atomic E-state index is -0.163. The first-order chi connectivity index (χ1) is 7.69. The molecule has 0 aliphatic rings. The van der Waals surface area contributed by atoms with E-state index < -0.39 is 0 Å². The Balaban J connectivity index is 2.68. The average Bonchev–Trinajstić information content (AvgIpc) is 2.28. The first kappa shape index (κ1) is 13.5. The lowest BCUT2D eigenvalue weighted by Crippen LogP contribution is -2.35. The molecule has 0 bridgehead atoms. The molecule has 0 radical (unpaired) electrons. The number of halogens is 2. The average molecular weight is 306 g/mol. The van der Waals surface area contributed by atoms with Crippen LogP contribution in [0, 0.1) is 0 Å². The van der Waals surface area contributed by atoms with Crippen LogP contribution in [-0.2, 0) is 0 Å². The third kappa shape index (κ3) is 3.76. The van der Waals surface area contributed by atoms with E-state index in [-0.39, 0.29) is 11.9 Å². The second-order valence-corrected chi connectivity index (χ2v) is 4.62. The zero-order valence-electron chi connectivity index (χ0n) is 9.04. The fraction of sp³-hybridized carbons (Fsp3) is 0.455. The summed E-state index contributed by atoms with van der Waals surface area (Å²) in [6.07, 6.45) is 3.24. The van der Waals surface area contributed by atoms with Crippen LogP contribution in [0.2, 0.25) is 0 Å². The van der Waals surface area contributed by atoms with Crippen LogP contribution in [0.25, 0.3) is 0 Å². The largest absolute Gasteiger partial charge is 0.348 e. The molecular weight excluding hydrogens is 291 g/mol. The molecule has 5 heteroatoms. The van der Waals surface area contributed by atoms with Crippen LogP contribution < -0.4 is 5.32 Å². The normalized spacial score (nSPS) is 12.2. The van der Waals surface area contributed by atoms with Gasteiger partial charge in [0, 0.05) is 22.6 Å². The van der Waals surface area contributed by atoms with Crippen molar-refractivity contribution in [3.8, 4) is 0 Å². The van der Waals surface area contributed by atoms with Crippen molar-refractivity contribution in [3.05, 3.63) is 28.5 Å². The summed E-state index contributed by atoms with van der Waals surface area (Å²) in [6.45, 7) is 2.02. The van der Waals surface area contributed by atoms with Crippen LogP contribution in [0.3, 0.4) is 0 Å². The summed E-state index contributed by atoms with van der Waals surface area (Å²) < 4.78 is 0.702. The van der Waals surface area contributed by atoms with Gasteiger partial charge in [0.25, 0.3) is 5.91 Å². The zero-order valence-corrected chi connectivity index (χ0v) is 11.4. The van der Waals surface area contributed by atoms with E-state index in [1.807, 2.05) is 6.92 Å². The Hall–Kier alpha value is -0.610. The number of rotatable bonds is 5. The van der Waals surface area contributed by atoms with E-state index in [1.165, 1.54) is 0 Å². The molecule has 3 nitrogen and oxygen atoms in total. The molecule has 0 saturated heterocycles. The second kappa shape index (κ2) is 6.86. The van der Waals surface area contributed by atoms with Crippen molar-refractivity contribution in [2.45, 2.75) is 25.8 Å². The van der Waals surface area contributed by atoms with E-state index in [0.717, 1.165) is 12.8 Å². The van der Waals surface area contributed by atoms with E-state index in [2.05, 4.69) is 26.2 Å². The predicted molar refractivity (Wildman–Crippen MR) is 68.8 cm³/mol. The van der Waals surface area contributed by atoms with Gasteiger partial charge in [-0.2, -0.15) is 0 Å². The minimum Gasteiger partial charge on any atom is -0.348 e. The molecule has 0 spiro atoms. The lowest BCUT2D eigenvalue weighted by atomic mass is 10.1. The molecule has 1 unspecified atom stereocenters. The Morgan fingerprint density at radius 2 is 2.44 bits per heavy atom. The third-order valence-electron chi connectivity index (χ3n) is 2.26. The monoisotopic (exact) mass is 304 g/mol. The molecule has 88 valence electrons. The van der Waals surface area contributed by atoms with Crippen LogP contribution in [0.5, 0.6) is 0 Å². The molecule has 1 aromatic heterocycles. The minimum absolute atomic E-state index is 0.110. The number of carbonyl (C=O) groups is 1. The number of pyridine rings is 1. The maximum absolute atomic E-state index is 11.9. The summed E-state index contributed by atoms with van der Waals surface area (Å²) in [5.41, 5.74) is 0.413. The van der Waals surface area contributed by atoms with Crippen LogP contribution in [0.1, 0.15) is 30.3 Å². The fourth-order valence-corrected chi connectivity index (χ4v) is 2.02. The Morgan fingerprint density at radius 3 is 3.00 bits per heavy atom. The fourth-order valence-electron chi connectivity index (χ4n) is 1.32. The van der Waals surface area contributed by atoms with Gasteiger partial charge in [-0.25, -0.2) is 4.98 Å². The van der Waals surface area contributed by atoms with E-state index in [0.29, 0.717) is 16.0 Å². The highest BCUT2D eigenvalue weighted by Gasteiger charge is 2.14. The molecule has 16 heavy (non-hydrogen) atoms. The van der Waals surface area contributed by atoms with Crippen LogP contribution in [0.4, 0.5) is 0 Å². The van der Waals surface area contributed by atoms with E-state index in [4.69, 9.17) is 11.6 Å². The van der Waals surface area contributed by atoms with Crippen molar-refractivity contribution in [2.24, 2.45) is 0 Å². The molecule has 0 aromatic carbocycles. The summed E-state index contributed by atoms with van der Waals surface area (Å²) in [4.78, 5) is 15.9. The van der Waals surface area contributed by atoms with Crippen molar-refractivity contribution in [1.82, 2.24) is 10.3 Å². The Bertz CT molecular complexity index is 360. The van der Waals surface area contributed by atoms with Crippen LogP contribution in [-0.4, -0.2) is 22.8 Å². The van der Waals surface area contributed by atoms with Gasteiger partial charge in [0.15, 0.2) is 0 Å². The molecule has 1 N–H and O–H groups in total. The molecule has 1 atom stereocenters. The van der Waals surface area contributed by atoms with Crippen molar-refractivity contribution in [1.29, 1.82) is 0 Å². The summed E-state index contributed by atoms with van der Waals surface area (Å²) in [5.74, 6) is 0.381. The molecular formula is C11H14BrClN2O. The molecule has 0 aliphatic heterocycles. The summed E-state index contributed by atoms with van der Waals surface area (Å²) >= 11 is 8.96. The number of carbonyl (C=O) groups excluding carboxylic acids is 1. The highest BCUT2D eigenvalue weighted by Crippen LogP contribution is 2.13. The number of hydrogen-bond acceptors (Lipinski definition) is 2. The quantitative estimate of drug-likeness (QED) is 0.850. The molecule has 1 rings (SSSR count). The summed E-state index contributed by atoms with van der Waals surface area (Å²) in [7, 11) is 0. The molecule has 1 amide bonds. The van der Waals surface area contributed by atoms with Crippen molar-refractivity contribution in [2.75, 3.05) is 5.88 Å². The van der Waals surface area contributed by atoms with E-state index >= 15 is 0 Å². The molecule has 1 aromatic rings. The Labute approximate surface area is 109 Å². The highest BCUT2D eigenvalue weighted by molar-refractivity contribution is 9.10. The number of nitrogens with zero attached hydrogens (tertiary/aromatic N) is 1.